The first kappa shape index (κ1) is 7.74. The summed E-state index contributed by atoms with van der Waals surface area (Å²) >= 11 is 1.73. The van der Waals surface area contributed by atoms with E-state index in [-0.39, 0.29) is 0 Å². The van der Waals surface area contributed by atoms with Crippen LogP contribution in [-0.2, 0) is 0 Å². The van der Waals surface area contributed by atoms with Crippen molar-refractivity contribution in [2.45, 2.75) is 11.8 Å². The molecule has 2 heteroatoms. The number of fused-ring (bicyclic) bond motifs is 1. The molecule has 0 amide bonds. The second-order valence-corrected chi connectivity index (χ2v) is 3.66. The highest BCUT2D eigenvalue weighted by Crippen LogP contribution is 2.25. The van der Waals surface area contributed by atoms with E-state index in [1.165, 1.54) is 15.8 Å². The molecule has 0 N–H and O–H groups in total. The maximum Gasteiger partial charge on any atom is 0.135 e. The molecule has 0 unspecified atom stereocenters. The van der Waals surface area contributed by atoms with Crippen molar-refractivity contribution in [3.05, 3.63) is 30.0 Å². The minimum atomic E-state index is 0.986. The minimum absolute atomic E-state index is 0.986. The van der Waals surface area contributed by atoms with E-state index in [1.54, 1.807) is 18.0 Å². The van der Waals surface area contributed by atoms with Crippen LogP contribution in [0, 0.1) is 6.92 Å². The Bertz CT molecular complexity index is 403. The Morgan fingerprint density at radius 2 is 2.17 bits per heavy atom. The van der Waals surface area contributed by atoms with E-state index < -0.39 is 0 Å². The molecule has 1 nitrogen and oxygen atoms in total. The van der Waals surface area contributed by atoms with E-state index in [1.807, 2.05) is 0 Å². The number of thioether (sulfide) groups is 1. The van der Waals surface area contributed by atoms with Crippen molar-refractivity contribution in [1.82, 2.24) is 0 Å². The fourth-order valence-electron chi connectivity index (χ4n) is 1.27. The van der Waals surface area contributed by atoms with Gasteiger partial charge in [-0.3, -0.25) is 0 Å². The Labute approximate surface area is 75.8 Å². The summed E-state index contributed by atoms with van der Waals surface area (Å²) in [6, 6.07) is 6.31. The lowest BCUT2D eigenvalue weighted by atomic mass is 10.2. The molecule has 0 bridgehead atoms. The van der Waals surface area contributed by atoms with E-state index in [4.69, 9.17) is 4.42 Å². The molecule has 2 aromatic rings. The molecule has 2 rings (SSSR count). The van der Waals surface area contributed by atoms with E-state index in [0.717, 1.165) is 5.58 Å². The summed E-state index contributed by atoms with van der Waals surface area (Å²) in [7, 11) is 0. The van der Waals surface area contributed by atoms with Gasteiger partial charge in [-0.1, -0.05) is 0 Å². The van der Waals surface area contributed by atoms with Gasteiger partial charge in [0.15, 0.2) is 0 Å². The third-order valence-electron chi connectivity index (χ3n) is 1.98. The lowest BCUT2D eigenvalue weighted by molar-refractivity contribution is 0.612. The van der Waals surface area contributed by atoms with Gasteiger partial charge in [-0.05, 0) is 36.9 Å². The average Bonchev–Trinajstić information content (AvgIpc) is 2.47. The van der Waals surface area contributed by atoms with Crippen LogP contribution >= 0.6 is 11.8 Å². The number of rotatable bonds is 1. The molecule has 0 atom stereocenters. The van der Waals surface area contributed by atoms with E-state index in [2.05, 4.69) is 31.4 Å². The number of benzene rings is 1. The van der Waals surface area contributed by atoms with Crippen molar-refractivity contribution >= 4 is 22.7 Å². The van der Waals surface area contributed by atoms with Crippen LogP contribution in [0.15, 0.2) is 33.8 Å². The van der Waals surface area contributed by atoms with Gasteiger partial charge in [0.25, 0.3) is 0 Å². The molecule has 62 valence electrons. The van der Waals surface area contributed by atoms with Crippen LogP contribution in [0.5, 0.6) is 0 Å². The van der Waals surface area contributed by atoms with Crippen LogP contribution in [0.2, 0.25) is 0 Å². The highest BCUT2D eigenvalue weighted by molar-refractivity contribution is 7.98. The normalized spacial score (nSPS) is 10.8. The Balaban J connectivity index is 2.69. The van der Waals surface area contributed by atoms with Crippen LogP contribution in [-0.4, -0.2) is 6.26 Å². The Kier molecular flexibility index (Phi) is 1.85. The first-order valence-electron chi connectivity index (χ1n) is 3.83. The van der Waals surface area contributed by atoms with Crippen LogP contribution < -0.4 is 0 Å². The standard InChI is InChI=1S/C10H10OS/c1-7-6-11-10-5-8(12-2)3-4-9(7)10/h3-6H,1-2H3. The van der Waals surface area contributed by atoms with Crippen molar-refractivity contribution in [3.8, 4) is 0 Å². The second-order valence-electron chi connectivity index (χ2n) is 2.78. The van der Waals surface area contributed by atoms with E-state index in [9.17, 15) is 0 Å². The van der Waals surface area contributed by atoms with Gasteiger partial charge in [0.05, 0.1) is 6.26 Å². The summed E-state index contributed by atoms with van der Waals surface area (Å²) in [4.78, 5) is 1.25. The lowest BCUT2D eigenvalue weighted by Crippen LogP contribution is -1.70. The second kappa shape index (κ2) is 2.87. The maximum atomic E-state index is 5.38. The molecule has 1 aromatic carbocycles. The summed E-state index contributed by atoms with van der Waals surface area (Å²) in [6.45, 7) is 2.06. The zero-order valence-electron chi connectivity index (χ0n) is 7.13. The molecule has 12 heavy (non-hydrogen) atoms. The summed E-state index contributed by atoms with van der Waals surface area (Å²) in [5.74, 6) is 0. The lowest BCUT2D eigenvalue weighted by Gasteiger charge is -1.94. The van der Waals surface area contributed by atoms with Gasteiger partial charge in [0.1, 0.15) is 5.58 Å². The molecule has 1 heterocycles. The predicted octanol–water partition coefficient (Wildman–Crippen LogP) is 3.46. The van der Waals surface area contributed by atoms with Gasteiger partial charge in [0, 0.05) is 10.3 Å². The Morgan fingerprint density at radius 1 is 1.33 bits per heavy atom. The number of aryl methyl sites for hydroxylation is 1. The highest BCUT2D eigenvalue weighted by atomic mass is 32.2. The maximum absolute atomic E-state index is 5.38. The monoisotopic (exact) mass is 178 g/mol. The smallest absolute Gasteiger partial charge is 0.135 e. The van der Waals surface area contributed by atoms with Crippen LogP contribution in [0.4, 0.5) is 0 Å². The number of hydrogen-bond donors (Lipinski definition) is 0. The zero-order valence-corrected chi connectivity index (χ0v) is 7.94. The molecule has 0 radical (unpaired) electrons. The van der Waals surface area contributed by atoms with Crippen molar-refractivity contribution < 1.29 is 4.42 Å². The predicted molar refractivity (Wildman–Crippen MR) is 52.7 cm³/mol. The summed E-state index contributed by atoms with van der Waals surface area (Å²) in [5, 5.41) is 1.22. The molecular formula is C10H10OS. The third-order valence-corrected chi connectivity index (χ3v) is 2.70. The fourth-order valence-corrected chi connectivity index (χ4v) is 1.70. The van der Waals surface area contributed by atoms with Crippen molar-refractivity contribution in [1.29, 1.82) is 0 Å². The first-order chi connectivity index (χ1) is 5.81. The van der Waals surface area contributed by atoms with E-state index >= 15 is 0 Å². The zero-order chi connectivity index (χ0) is 8.55. The van der Waals surface area contributed by atoms with Gasteiger partial charge in [0.2, 0.25) is 0 Å². The highest BCUT2D eigenvalue weighted by Gasteiger charge is 2.01. The molecule has 1 aromatic heterocycles. The van der Waals surface area contributed by atoms with Crippen molar-refractivity contribution in [2.75, 3.05) is 6.26 Å². The Morgan fingerprint density at radius 3 is 2.92 bits per heavy atom. The minimum Gasteiger partial charge on any atom is -0.464 e. The first-order valence-corrected chi connectivity index (χ1v) is 5.05. The van der Waals surface area contributed by atoms with Gasteiger partial charge in [-0.25, -0.2) is 0 Å². The fraction of sp³-hybridized carbons (Fsp3) is 0.200. The molecule has 0 spiro atoms. The molecule has 0 aliphatic heterocycles. The molecular weight excluding hydrogens is 168 g/mol. The van der Waals surface area contributed by atoms with E-state index in [0.29, 0.717) is 0 Å². The third kappa shape index (κ3) is 1.12. The van der Waals surface area contributed by atoms with Gasteiger partial charge in [-0.2, -0.15) is 0 Å². The SMILES string of the molecule is CSc1ccc2c(C)coc2c1. The number of furan rings is 1. The summed E-state index contributed by atoms with van der Waals surface area (Å²) < 4.78 is 5.38. The van der Waals surface area contributed by atoms with Crippen LogP contribution in [0.3, 0.4) is 0 Å². The molecule has 0 aliphatic carbocycles. The van der Waals surface area contributed by atoms with Gasteiger partial charge in [-0.15, -0.1) is 11.8 Å². The van der Waals surface area contributed by atoms with Crippen LogP contribution in [0.25, 0.3) is 11.0 Å². The largest absolute Gasteiger partial charge is 0.464 e. The molecule has 0 fully saturated rings. The van der Waals surface area contributed by atoms with Crippen molar-refractivity contribution in [2.24, 2.45) is 0 Å². The van der Waals surface area contributed by atoms with Crippen LogP contribution in [0.1, 0.15) is 5.56 Å². The average molecular weight is 178 g/mol. The Hall–Kier alpha value is -0.890. The van der Waals surface area contributed by atoms with Gasteiger partial charge >= 0.3 is 0 Å². The molecule has 0 saturated carbocycles. The van der Waals surface area contributed by atoms with Crippen molar-refractivity contribution in [3.63, 3.8) is 0 Å². The summed E-state index contributed by atoms with van der Waals surface area (Å²) in [5.41, 5.74) is 2.19. The topological polar surface area (TPSA) is 13.1 Å². The van der Waals surface area contributed by atoms with Gasteiger partial charge < -0.3 is 4.42 Å². The quantitative estimate of drug-likeness (QED) is 0.620. The molecule has 0 saturated heterocycles. The number of hydrogen-bond acceptors (Lipinski definition) is 2. The summed E-state index contributed by atoms with van der Waals surface area (Å²) in [6.07, 6.45) is 3.87. The molecule has 0 aliphatic rings.